The number of piperazine rings is 1. The molecule has 3 rings (SSSR count). The van der Waals surface area contributed by atoms with Gasteiger partial charge in [-0.2, -0.15) is 4.98 Å². The fourth-order valence-corrected chi connectivity index (χ4v) is 2.20. The molecule has 1 atom stereocenters. The Kier molecular flexibility index (Phi) is 3.04. The molecule has 2 aromatic rings. The fourth-order valence-electron chi connectivity index (χ4n) is 2.20. The van der Waals surface area contributed by atoms with Crippen molar-refractivity contribution >= 4 is 5.95 Å². The van der Waals surface area contributed by atoms with Crippen LogP contribution >= 0.6 is 0 Å². The number of rotatable bonds is 2. The van der Waals surface area contributed by atoms with Crippen LogP contribution in [-0.2, 0) is 0 Å². The van der Waals surface area contributed by atoms with Crippen LogP contribution in [0.3, 0.4) is 0 Å². The van der Waals surface area contributed by atoms with Crippen LogP contribution in [0, 0.1) is 0 Å². The Morgan fingerprint density at radius 2 is 2.32 bits per heavy atom. The number of anilines is 1. The summed E-state index contributed by atoms with van der Waals surface area (Å²) in [6, 6.07) is 3.64. The van der Waals surface area contributed by atoms with E-state index in [2.05, 4.69) is 37.3 Å². The number of nitrogens with zero attached hydrogens (tertiary/aromatic N) is 3. The highest BCUT2D eigenvalue weighted by Crippen LogP contribution is 2.16. The van der Waals surface area contributed by atoms with Crippen LogP contribution in [0.25, 0.3) is 11.4 Å². The number of pyridine rings is 1. The van der Waals surface area contributed by atoms with Gasteiger partial charge in [0.05, 0.1) is 0 Å². The van der Waals surface area contributed by atoms with Crippen molar-refractivity contribution < 1.29 is 0 Å². The zero-order valence-corrected chi connectivity index (χ0v) is 10.7. The van der Waals surface area contributed by atoms with Gasteiger partial charge in [-0.3, -0.25) is 9.89 Å². The van der Waals surface area contributed by atoms with Crippen molar-refractivity contribution in [2.75, 3.05) is 24.5 Å². The molecule has 1 aliphatic heterocycles. The van der Waals surface area contributed by atoms with Crippen LogP contribution < -0.4 is 15.8 Å². The molecule has 0 aliphatic carbocycles. The van der Waals surface area contributed by atoms with Gasteiger partial charge in [-0.05, 0) is 13.0 Å². The van der Waals surface area contributed by atoms with Crippen LogP contribution in [0.15, 0.2) is 23.1 Å². The van der Waals surface area contributed by atoms with Gasteiger partial charge >= 0.3 is 0 Å². The van der Waals surface area contributed by atoms with E-state index in [9.17, 15) is 4.79 Å². The second-order valence-corrected chi connectivity index (χ2v) is 4.73. The van der Waals surface area contributed by atoms with Crippen molar-refractivity contribution in [3.63, 3.8) is 0 Å². The first kappa shape index (κ1) is 11.9. The molecule has 1 saturated heterocycles. The molecule has 0 spiro atoms. The average molecular weight is 260 g/mol. The molecule has 19 heavy (non-hydrogen) atoms. The van der Waals surface area contributed by atoms with E-state index in [0.717, 1.165) is 25.2 Å². The predicted octanol–water partition coefficient (Wildman–Crippen LogP) is -0.0419. The van der Waals surface area contributed by atoms with Gasteiger partial charge in [0.2, 0.25) is 11.5 Å². The highest BCUT2D eigenvalue weighted by molar-refractivity contribution is 5.54. The summed E-state index contributed by atoms with van der Waals surface area (Å²) in [6.07, 6.45) is 1.63. The van der Waals surface area contributed by atoms with Crippen molar-refractivity contribution in [3.8, 4) is 11.4 Å². The Balaban J connectivity index is 1.82. The van der Waals surface area contributed by atoms with E-state index in [1.165, 1.54) is 6.07 Å². The van der Waals surface area contributed by atoms with Crippen molar-refractivity contribution in [2.24, 2.45) is 0 Å². The first-order chi connectivity index (χ1) is 9.22. The maximum atomic E-state index is 11.0. The maximum absolute atomic E-state index is 11.0. The van der Waals surface area contributed by atoms with Gasteiger partial charge < -0.3 is 15.2 Å². The molecule has 0 saturated carbocycles. The molecule has 1 aliphatic rings. The van der Waals surface area contributed by atoms with E-state index >= 15 is 0 Å². The normalized spacial score (nSPS) is 19.6. The summed E-state index contributed by atoms with van der Waals surface area (Å²) in [4.78, 5) is 20.3. The maximum Gasteiger partial charge on any atom is 0.247 e. The SMILES string of the molecule is C[C@H]1CN(c2n[nH]c(-c3ccc(=O)[nH]c3)n2)CCN1. The third kappa shape index (κ3) is 2.50. The molecule has 3 N–H and O–H groups in total. The van der Waals surface area contributed by atoms with Crippen molar-refractivity contribution in [1.29, 1.82) is 0 Å². The second kappa shape index (κ2) is 4.85. The van der Waals surface area contributed by atoms with Gasteiger partial charge in [0.1, 0.15) is 0 Å². The Labute approximate surface area is 110 Å². The Morgan fingerprint density at radius 3 is 3.05 bits per heavy atom. The zero-order chi connectivity index (χ0) is 13.2. The topological polar surface area (TPSA) is 89.7 Å². The molecule has 1 fully saturated rings. The van der Waals surface area contributed by atoms with E-state index in [0.29, 0.717) is 17.8 Å². The number of aromatic amines is 2. The lowest BCUT2D eigenvalue weighted by Gasteiger charge is -2.30. The molecule has 0 aromatic carbocycles. The number of nitrogens with one attached hydrogen (secondary N) is 3. The molecule has 100 valence electrons. The number of H-pyrrole nitrogens is 2. The van der Waals surface area contributed by atoms with Crippen LogP contribution in [0.5, 0.6) is 0 Å². The third-order valence-corrected chi connectivity index (χ3v) is 3.18. The van der Waals surface area contributed by atoms with Crippen LogP contribution in [-0.4, -0.2) is 45.8 Å². The summed E-state index contributed by atoms with van der Waals surface area (Å²) in [5.41, 5.74) is 0.695. The predicted molar refractivity (Wildman–Crippen MR) is 72.1 cm³/mol. The molecule has 0 bridgehead atoms. The summed E-state index contributed by atoms with van der Waals surface area (Å²) in [7, 11) is 0. The van der Waals surface area contributed by atoms with Crippen LogP contribution in [0.2, 0.25) is 0 Å². The molecule has 0 radical (unpaired) electrons. The van der Waals surface area contributed by atoms with E-state index < -0.39 is 0 Å². The van der Waals surface area contributed by atoms with E-state index in [1.54, 1.807) is 12.3 Å². The quantitative estimate of drug-likeness (QED) is 0.705. The van der Waals surface area contributed by atoms with Gasteiger partial charge in [-0.1, -0.05) is 0 Å². The fraction of sp³-hybridized carbons (Fsp3) is 0.417. The minimum atomic E-state index is -0.126. The minimum Gasteiger partial charge on any atom is -0.337 e. The summed E-state index contributed by atoms with van der Waals surface area (Å²) >= 11 is 0. The third-order valence-electron chi connectivity index (χ3n) is 3.18. The zero-order valence-electron chi connectivity index (χ0n) is 10.7. The number of hydrogen-bond acceptors (Lipinski definition) is 5. The largest absolute Gasteiger partial charge is 0.337 e. The van der Waals surface area contributed by atoms with Gasteiger partial charge in [0.25, 0.3) is 0 Å². The molecular weight excluding hydrogens is 244 g/mol. The van der Waals surface area contributed by atoms with E-state index in [4.69, 9.17) is 0 Å². The Morgan fingerprint density at radius 1 is 1.42 bits per heavy atom. The lowest BCUT2D eigenvalue weighted by Crippen LogP contribution is -2.49. The number of hydrogen-bond donors (Lipinski definition) is 3. The molecule has 7 heteroatoms. The standard InChI is InChI=1S/C12H16N6O/c1-8-7-18(5-4-13-8)12-15-11(16-17-12)9-2-3-10(19)14-6-9/h2-3,6,8,13H,4-5,7H2,1H3,(H,14,19)(H,15,16,17)/t8-/m0/s1. The van der Waals surface area contributed by atoms with Crippen molar-refractivity contribution in [1.82, 2.24) is 25.5 Å². The van der Waals surface area contributed by atoms with E-state index in [-0.39, 0.29) is 5.56 Å². The summed E-state index contributed by atoms with van der Waals surface area (Å²) in [5.74, 6) is 1.37. The highest BCUT2D eigenvalue weighted by atomic mass is 16.1. The number of aromatic nitrogens is 4. The molecule has 7 nitrogen and oxygen atoms in total. The molecule has 0 unspecified atom stereocenters. The van der Waals surface area contributed by atoms with Crippen molar-refractivity contribution in [3.05, 3.63) is 28.7 Å². The van der Waals surface area contributed by atoms with Gasteiger partial charge in [0.15, 0.2) is 5.82 Å². The Bertz CT molecular complexity index is 598. The molecule has 3 heterocycles. The van der Waals surface area contributed by atoms with Crippen LogP contribution in [0.4, 0.5) is 5.95 Å². The lowest BCUT2D eigenvalue weighted by molar-refractivity contribution is 0.480. The van der Waals surface area contributed by atoms with E-state index in [1.807, 2.05) is 0 Å². The summed E-state index contributed by atoms with van der Waals surface area (Å²) in [6.45, 7) is 4.86. The highest BCUT2D eigenvalue weighted by Gasteiger charge is 2.19. The second-order valence-electron chi connectivity index (χ2n) is 4.73. The van der Waals surface area contributed by atoms with Crippen molar-refractivity contribution in [2.45, 2.75) is 13.0 Å². The average Bonchev–Trinajstić information content (AvgIpc) is 2.89. The summed E-state index contributed by atoms with van der Waals surface area (Å²) < 4.78 is 0. The smallest absolute Gasteiger partial charge is 0.247 e. The minimum absolute atomic E-state index is 0.126. The first-order valence-electron chi connectivity index (χ1n) is 6.32. The lowest BCUT2D eigenvalue weighted by atomic mass is 10.2. The van der Waals surface area contributed by atoms with Gasteiger partial charge in [-0.25, -0.2) is 0 Å². The Hall–Kier alpha value is -2.15. The molecular formula is C12H16N6O. The summed E-state index contributed by atoms with van der Waals surface area (Å²) in [5, 5.41) is 10.5. The van der Waals surface area contributed by atoms with Gasteiger partial charge in [-0.15, -0.1) is 5.10 Å². The molecule has 0 amide bonds. The monoisotopic (exact) mass is 260 g/mol. The molecule has 2 aromatic heterocycles. The first-order valence-corrected chi connectivity index (χ1v) is 6.32. The van der Waals surface area contributed by atoms with Gasteiger partial charge in [0, 0.05) is 43.5 Å². The van der Waals surface area contributed by atoms with Crippen LogP contribution in [0.1, 0.15) is 6.92 Å².